The zero-order valence-electron chi connectivity index (χ0n) is 7.36. The first-order valence-electron chi connectivity index (χ1n) is 4.45. The third-order valence-electron chi connectivity index (χ3n) is 2.17. The van der Waals surface area contributed by atoms with Crippen LogP contribution in [0, 0.1) is 0 Å². The molecular weight excluding hydrogens is 164 g/mol. The van der Waals surface area contributed by atoms with Crippen LogP contribution in [-0.4, -0.2) is 17.7 Å². The first-order valence-corrected chi connectivity index (χ1v) is 4.45. The highest BCUT2D eigenvalue weighted by atomic mass is 16.1. The zero-order chi connectivity index (χ0) is 9.10. The van der Waals surface area contributed by atoms with E-state index in [-0.39, 0.29) is 5.43 Å². The van der Waals surface area contributed by atoms with Gasteiger partial charge in [-0.1, -0.05) is 6.08 Å². The molecule has 0 bridgehead atoms. The number of pyridine rings is 1. The SMILES string of the molecule is O=c1ccn(C2=CCNCC2)cc1. The maximum absolute atomic E-state index is 10.9. The monoisotopic (exact) mass is 176 g/mol. The fourth-order valence-electron chi connectivity index (χ4n) is 1.45. The molecule has 2 rings (SSSR count). The van der Waals surface area contributed by atoms with Gasteiger partial charge in [0.2, 0.25) is 0 Å². The third-order valence-corrected chi connectivity index (χ3v) is 2.17. The Morgan fingerprint density at radius 1 is 1.31 bits per heavy atom. The number of rotatable bonds is 1. The molecule has 0 amide bonds. The minimum absolute atomic E-state index is 0.0609. The summed E-state index contributed by atoms with van der Waals surface area (Å²) in [4.78, 5) is 10.9. The smallest absolute Gasteiger partial charge is 0.181 e. The Hall–Kier alpha value is -1.35. The Morgan fingerprint density at radius 2 is 2.08 bits per heavy atom. The van der Waals surface area contributed by atoms with E-state index in [1.54, 1.807) is 12.1 Å². The van der Waals surface area contributed by atoms with Gasteiger partial charge in [-0.15, -0.1) is 0 Å². The molecule has 1 aromatic heterocycles. The summed E-state index contributed by atoms with van der Waals surface area (Å²) in [6.45, 7) is 1.93. The molecule has 1 aliphatic heterocycles. The topological polar surface area (TPSA) is 34.0 Å². The number of nitrogens with one attached hydrogen (secondary N) is 1. The molecule has 2 heterocycles. The van der Waals surface area contributed by atoms with E-state index >= 15 is 0 Å². The summed E-state index contributed by atoms with van der Waals surface area (Å²) in [5.74, 6) is 0. The van der Waals surface area contributed by atoms with Crippen LogP contribution in [0.25, 0.3) is 5.70 Å². The van der Waals surface area contributed by atoms with Gasteiger partial charge in [-0.25, -0.2) is 0 Å². The second kappa shape index (κ2) is 3.58. The summed E-state index contributed by atoms with van der Waals surface area (Å²) in [5.41, 5.74) is 1.32. The van der Waals surface area contributed by atoms with Crippen molar-refractivity contribution in [1.29, 1.82) is 0 Å². The normalized spacial score (nSPS) is 16.8. The van der Waals surface area contributed by atoms with Crippen LogP contribution >= 0.6 is 0 Å². The van der Waals surface area contributed by atoms with Crippen LogP contribution in [0.2, 0.25) is 0 Å². The maximum Gasteiger partial charge on any atom is 0.181 e. The van der Waals surface area contributed by atoms with Gasteiger partial charge in [0.05, 0.1) is 0 Å². The van der Waals surface area contributed by atoms with E-state index in [1.807, 2.05) is 17.0 Å². The van der Waals surface area contributed by atoms with Crippen molar-refractivity contribution < 1.29 is 0 Å². The van der Waals surface area contributed by atoms with Crippen molar-refractivity contribution in [3.8, 4) is 0 Å². The van der Waals surface area contributed by atoms with Crippen LogP contribution in [0.4, 0.5) is 0 Å². The Balaban J connectivity index is 2.29. The van der Waals surface area contributed by atoms with E-state index in [0.717, 1.165) is 19.5 Å². The highest BCUT2D eigenvalue weighted by molar-refractivity contribution is 5.46. The lowest BCUT2D eigenvalue weighted by molar-refractivity contribution is 0.716. The van der Waals surface area contributed by atoms with E-state index in [0.29, 0.717) is 0 Å². The van der Waals surface area contributed by atoms with Gasteiger partial charge in [0.25, 0.3) is 0 Å². The van der Waals surface area contributed by atoms with Crippen molar-refractivity contribution in [2.45, 2.75) is 6.42 Å². The van der Waals surface area contributed by atoms with Gasteiger partial charge in [0, 0.05) is 49.7 Å². The molecule has 0 saturated carbocycles. The first-order chi connectivity index (χ1) is 6.36. The van der Waals surface area contributed by atoms with Crippen molar-refractivity contribution in [2.75, 3.05) is 13.1 Å². The average Bonchev–Trinajstić information content (AvgIpc) is 2.20. The number of hydrogen-bond donors (Lipinski definition) is 1. The number of hydrogen-bond acceptors (Lipinski definition) is 2. The van der Waals surface area contributed by atoms with Crippen LogP contribution in [0.3, 0.4) is 0 Å². The zero-order valence-corrected chi connectivity index (χ0v) is 7.36. The van der Waals surface area contributed by atoms with E-state index in [1.165, 1.54) is 5.70 Å². The van der Waals surface area contributed by atoms with Crippen molar-refractivity contribution in [3.05, 3.63) is 40.8 Å². The summed E-state index contributed by atoms with van der Waals surface area (Å²) in [7, 11) is 0. The molecule has 0 saturated heterocycles. The first kappa shape index (κ1) is 8.26. The van der Waals surface area contributed by atoms with Crippen molar-refractivity contribution >= 4 is 5.70 Å². The second-order valence-corrected chi connectivity index (χ2v) is 3.09. The average molecular weight is 176 g/mol. The van der Waals surface area contributed by atoms with Crippen LogP contribution in [-0.2, 0) is 0 Å². The van der Waals surface area contributed by atoms with Crippen LogP contribution in [0.5, 0.6) is 0 Å². The van der Waals surface area contributed by atoms with Crippen molar-refractivity contribution in [1.82, 2.24) is 9.88 Å². The molecule has 1 N–H and O–H groups in total. The molecule has 1 aromatic rings. The predicted octanol–water partition coefficient (Wildman–Crippen LogP) is 0.683. The standard InChI is InChI=1S/C10H12N2O/c13-10-3-7-12(8-4-10)9-1-5-11-6-2-9/h1,3-4,7-8,11H,2,5-6H2. The van der Waals surface area contributed by atoms with Crippen LogP contribution < -0.4 is 10.7 Å². The molecule has 3 nitrogen and oxygen atoms in total. The van der Waals surface area contributed by atoms with Gasteiger partial charge < -0.3 is 9.88 Å². The van der Waals surface area contributed by atoms with Gasteiger partial charge in [-0.05, 0) is 0 Å². The lowest BCUT2D eigenvalue weighted by Crippen LogP contribution is -2.22. The molecule has 0 fully saturated rings. The van der Waals surface area contributed by atoms with Gasteiger partial charge >= 0.3 is 0 Å². The molecule has 0 spiro atoms. The van der Waals surface area contributed by atoms with E-state index in [9.17, 15) is 4.79 Å². The van der Waals surface area contributed by atoms with E-state index in [2.05, 4.69) is 11.4 Å². The largest absolute Gasteiger partial charge is 0.328 e. The fourth-order valence-corrected chi connectivity index (χ4v) is 1.45. The number of aromatic nitrogens is 1. The quantitative estimate of drug-likeness (QED) is 0.682. The lowest BCUT2D eigenvalue weighted by atomic mass is 10.2. The van der Waals surface area contributed by atoms with Crippen molar-refractivity contribution in [3.63, 3.8) is 0 Å². The van der Waals surface area contributed by atoms with Gasteiger partial charge in [-0.3, -0.25) is 4.79 Å². The van der Waals surface area contributed by atoms with Crippen LogP contribution in [0.1, 0.15) is 6.42 Å². The minimum atomic E-state index is 0.0609. The molecule has 0 unspecified atom stereocenters. The van der Waals surface area contributed by atoms with Crippen LogP contribution in [0.15, 0.2) is 35.4 Å². The fraction of sp³-hybridized carbons (Fsp3) is 0.300. The van der Waals surface area contributed by atoms with Gasteiger partial charge in [-0.2, -0.15) is 0 Å². The molecule has 1 aliphatic rings. The second-order valence-electron chi connectivity index (χ2n) is 3.09. The van der Waals surface area contributed by atoms with Gasteiger partial charge in [0.15, 0.2) is 5.43 Å². The summed E-state index contributed by atoms with van der Waals surface area (Å²) in [6, 6.07) is 3.17. The molecule has 3 heteroatoms. The molecule has 0 aromatic carbocycles. The van der Waals surface area contributed by atoms with E-state index < -0.39 is 0 Å². The molecule has 0 atom stereocenters. The predicted molar refractivity (Wildman–Crippen MR) is 52.5 cm³/mol. The Bertz CT molecular complexity index is 358. The van der Waals surface area contributed by atoms with E-state index in [4.69, 9.17) is 0 Å². The Morgan fingerprint density at radius 3 is 2.69 bits per heavy atom. The lowest BCUT2D eigenvalue weighted by Gasteiger charge is -2.15. The van der Waals surface area contributed by atoms with Crippen molar-refractivity contribution in [2.24, 2.45) is 0 Å². The maximum atomic E-state index is 10.9. The molecule has 0 aliphatic carbocycles. The summed E-state index contributed by atoms with van der Waals surface area (Å²) < 4.78 is 2.00. The number of nitrogens with zero attached hydrogens (tertiary/aromatic N) is 1. The summed E-state index contributed by atoms with van der Waals surface area (Å²) in [6.07, 6.45) is 6.80. The third kappa shape index (κ3) is 1.87. The molecule has 0 radical (unpaired) electrons. The summed E-state index contributed by atoms with van der Waals surface area (Å²) >= 11 is 0. The molecule has 68 valence electrons. The minimum Gasteiger partial charge on any atom is -0.328 e. The molecular formula is C10H12N2O. The highest BCUT2D eigenvalue weighted by Crippen LogP contribution is 2.09. The highest BCUT2D eigenvalue weighted by Gasteiger charge is 2.02. The Kier molecular flexibility index (Phi) is 2.27. The molecule has 13 heavy (non-hydrogen) atoms. The van der Waals surface area contributed by atoms with Gasteiger partial charge in [0.1, 0.15) is 0 Å². The Labute approximate surface area is 76.7 Å². The summed E-state index contributed by atoms with van der Waals surface area (Å²) in [5, 5.41) is 3.24.